The number of aromatic amines is 1. The third kappa shape index (κ3) is 2.35. The highest BCUT2D eigenvalue weighted by Gasteiger charge is 2.20. The molecule has 0 aliphatic carbocycles. The first kappa shape index (κ1) is 13.0. The van der Waals surface area contributed by atoms with Gasteiger partial charge in [0.05, 0.1) is 0 Å². The normalized spacial score (nSPS) is 12.5. The van der Waals surface area contributed by atoms with Crippen LogP contribution in [0.5, 0.6) is 0 Å². The van der Waals surface area contributed by atoms with Gasteiger partial charge in [0.25, 0.3) is 0 Å². The van der Waals surface area contributed by atoms with E-state index in [1.54, 1.807) is 11.9 Å². The molecular formula is C11H19N3OS. The number of nitrogens with one attached hydrogen (secondary N) is 1. The molecule has 0 saturated heterocycles. The lowest BCUT2D eigenvalue weighted by Gasteiger charge is -2.22. The van der Waals surface area contributed by atoms with Crippen molar-refractivity contribution in [2.24, 2.45) is 0 Å². The number of hydrogen-bond acceptors (Lipinski definition) is 2. The number of H-pyrrole nitrogens is 1. The van der Waals surface area contributed by atoms with Gasteiger partial charge in [0.2, 0.25) is 5.91 Å². The summed E-state index contributed by atoms with van der Waals surface area (Å²) < 4.78 is 2.51. The molecule has 0 saturated carbocycles. The van der Waals surface area contributed by atoms with Crippen molar-refractivity contribution in [1.29, 1.82) is 0 Å². The third-order valence-corrected chi connectivity index (χ3v) is 3.16. The fourth-order valence-corrected chi connectivity index (χ4v) is 2.03. The SMILES string of the molecule is CCc1c[nH]c(=S)n1C(C)C(=O)N(C)CC. The lowest BCUT2D eigenvalue weighted by atomic mass is 10.2. The molecule has 1 atom stereocenters. The van der Waals surface area contributed by atoms with E-state index in [0.717, 1.165) is 12.1 Å². The lowest BCUT2D eigenvalue weighted by molar-refractivity contribution is -0.132. The fraction of sp³-hybridized carbons (Fsp3) is 0.636. The Bertz CT molecular complexity index is 421. The van der Waals surface area contributed by atoms with Crippen molar-refractivity contribution < 1.29 is 4.79 Å². The van der Waals surface area contributed by atoms with Gasteiger partial charge in [-0.1, -0.05) is 6.92 Å². The summed E-state index contributed by atoms with van der Waals surface area (Å²) in [5.74, 6) is 0.0906. The number of imidazole rings is 1. The second kappa shape index (κ2) is 5.30. The number of aromatic nitrogens is 2. The van der Waals surface area contributed by atoms with Gasteiger partial charge in [0.15, 0.2) is 4.77 Å². The highest BCUT2D eigenvalue weighted by Crippen LogP contribution is 2.14. The molecule has 1 N–H and O–H groups in total. The van der Waals surface area contributed by atoms with Crippen LogP contribution in [0.15, 0.2) is 6.20 Å². The molecule has 0 fully saturated rings. The first-order valence-corrected chi connectivity index (χ1v) is 5.97. The Labute approximate surface area is 101 Å². The van der Waals surface area contributed by atoms with Crippen LogP contribution in [0.2, 0.25) is 0 Å². The van der Waals surface area contributed by atoms with Gasteiger partial charge in [0.1, 0.15) is 6.04 Å². The molecule has 1 rings (SSSR count). The quantitative estimate of drug-likeness (QED) is 0.821. The molecule has 0 aromatic carbocycles. The zero-order valence-electron chi connectivity index (χ0n) is 10.3. The maximum absolute atomic E-state index is 12.0. The summed E-state index contributed by atoms with van der Waals surface area (Å²) in [6, 6.07) is -0.237. The van der Waals surface area contributed by atoms with Gasteiger partial charge in [-0.05, 0) is 32.5 Å². The second-order valence-corrected chi connectivity index (χ2v) is 4.22. The van der Waals surface area contributed by atoms with E-state index < -0.39 is 0 Å². The molecule has 5 heteroatoms. The van der Waals surface area contributed by atoms with E-state index in [4.69, 9.17) is 12.2 Å². The largest absolute Gasteiger partial charge is 0.344 e. The molecular weight excluding hydrogens is 222 g/mol. The third-order valence-electron chi connectivity index (χ3n) is 2.85. The highest BCUT2D eigenvalue weighted by molar-refractivity contribution is 7.71. The average Bonchev–Trinajstić information content (AvgIpc) is 2.67. The Hall–Kier alpha value is -1.10. The van der Waals surface area contributed by atoms with Crippen molar-refractivity contribution in [3.8, 4) is 0 Å². The molecule has 1 aromatic rings. The lowest BCUT2D eigenvalue weighted by Crippen LogP contribution is -2.33. The monoisotopic (exact) mass is 241 g/mol. The summed E-state index contributed by atoms with van der Waals surface area (Å²) >= 11 is 5.19. The zero-order chi connectivity index (χ0) is 12.3. The van der Waals surface area contributed by atoms with Crippen molar-refractivity contribution in [2.75, 3.05) is 13.6 Å². The molecule has 1 aromatic heterocycles. The summed E-state index contributed by atoms with van der Waals surface area (Å²) in [4.78, 5) is 16.7. The number of carbonyl (C=O) groups excluding carboxylic acids is 1. The Balaban J connectivity index is 3.04. The van der Waals surface area contributed by atoms with E-state index in [0.29, 0.717) is 11.3 Å². The van der Waals surface area contributed by atoms with Gasteiger partial charge in [-0.15, -0.1) is 0 Å². The zero-order valence-corrected chi connectivity index (χ0v) is 11.1. The maximum atomic E-state index is 12.0. The first-order valence-electron chi connectivity index (χ1n) is 5.56. The molecule has 1 unspecified atom stereocenters. The minimum Gasteiger partial charge on any atom is -0.344 e. The molecule has 1 heterocycles. The summed E-state index contributed by atoms with van der Waals surface area (Å²) in [5.41, 5.74) is 1.07. The van der Waals surface area contributed by atoms with E-state index in [1.807, 2.05) is 24.6 Å². The molecule has 4 nitrogen and oxygen atoms in total. The Morgan fingerprint density at radius 3 is 2.75 bits per heavy atom. The van der Waals surface area contributed by atoms with Crippen LogP contribution >= 0.6 is 12.2 Å². The van der Waals surface area contributed by atoms with E-state index in [2.05, 4.69) is 11.9 Å². The smallest absolute Gasteiger partial charge is 0.245 e. The van der Waals surface area contributed by atoms with Gasteiger partial charge in [-0.25, -0.2) is 0 Å². The van der Waals surface area contributed by atoms with Crippen molar-refractivity contribution in [1.82, 2.24) is 14.5 Å². The van der Waals surface area contributed by atoms with Crippen molar-refractivity contribution in [3.05, 3.63) is 16.7 Å². The summed E-state index contributed by atoms with van der Waals surface area (Å²) in [5, 5.41) is 0. The first-order chi connectivity index (χ1) is 7.52. The highest BCUT2D eigenvalue weighted by atomic mass is 32.1. The van der Waals surface area contributed by atoms with Crippen LogP contribution in [0.4, 0.5) is 0 Å². The molecule has 0 aliphatic heterocycles. The molecule has 0 spiro atoms. The topological polar surface area (TPSA) is 41.0 Å². The second-order valence-electron chi connectivity index (χ2n) is 3.84. The minimum absolute atomic E-state index is 0.0906. The van der Waals surface area contributed by atoms with Crippen LogP contribution < -0.4 is 0 Å². The Kier molecular flexibility index (Phi) is 4.29. The van der Waals surface area contributed by atoms with Crippen LogP contribution in [0.1, 0.15) is 32.5 Å². The number of nitrogens with zero attached hydrogens (tertiary/aromatic N) is 2. The molecule has 0 bridgehead atoms. The van der Waals surface area contributed by atoms with Gasteiger partial charge in [0, 0.05) is 25.5 Å². The predicted octanol–water partition coefficient (Wildman–Crippen LogP) is 2.15. The molecule has 1 amide bonds. The summed E-state index contributed by atoms with van der Waals surface area (Å²) in [6.07, 6.45) is 2.73. The van der Waals surface area contributed by atoms with Gasteiger partial charge in [-0.2, -0.15) is 0 Å². The maximum Gasteiger partial charge on any atom is 0.245 e. The number of aryl methyl sites for hydroxylation is 1. The predicted molar refractivity (Wildman–Crippen MR) is 67.0 cm³/mol. The molecule has 16 heavy (non-hydrogen) atoms. The minimum atomic E-state index is -0.237. The Morgan fingerprint density at radius 2 is 2.25 bits per heavy atom. The number of likely N-dealkylation sites (N-methyl/N-ethyl adjacent to an activating group) is 1. The van der Waals surface area contributed by atoms with Crippen molar-refractivity contribution in [3.63, 3.8) is 0 Å². The van der Waals surface area contributed by atoms with E-state index in [9.17, 15) is 4.79 Å². The van der Waals surface area contributed by atoms with E-state index in [1.165, 1.54) is 0 Å². The van der Waals surface area contributed by atoms with Gasteiger partial charge in [-0.3, -0.25) is 4.79 Å². The van der Waals surface area contributed by atoms with Crippen LogP contribution in [0.25, 0.3) is 0 Å². The standard InChI is InChI=1S/C11H19N3OS/c1-5-9-7-12-11(16)14(9)8(3)10(15)13(4)6-2/h7-8H,5-6H2,1-4H3,(H,12,16). The average molecular weight is 241 g/mol. The fourth-order valence-electron chi connectivity index (χ4n) is 1.70. The number of rotatable bonds is 4. The van der Waals surface area contributed by atoms with Gasteiger partial charge >= 0.3 is 0 Å². The molecule has 90 valence electrons. The van der Waals surface area contributed by atoms with Crippen LogP contribution in [0, 0.1) is 4.77 Å². The van der Waals surface area contributed by atoms with Crippen molar-refractivity contribution in [2.45, 2.75) is 33.2 Å². The van der Waals surface area contributed by atoms with Crippen LogP contribution in [-0.4, -0.2) is 34.0 Å². The van der Waals surface area contributed by atoms with Crippen molar-refractivity contribution >= 4 is 18.1 Å². The summed E-state index contributed by atoms with van der Waals surface area (Å²) in [7, 11) is 1.81. The van der Waals surface area contributed by atoms with Crippen LogP contribution in [-0.2, 0) is 11.2 Å². The van der Waals surface area contributed by atoms with Crippen LogP contribution in [0.3, 0.4) is 0 Å². The Morgan fingerprint density at radius 1 is 1.62 bits per heavy atom. The molecule has 0 aliphatic rings. The molecule has 0 radical (unpaired) electrons. The number of hydrogen-bond donors (Lipinski definition) is 1. The summed E-state index contributed by atoms with van der Waals surface area (Å²) in [6.45, 7) is 6.61. The van der Waals surface area contributed by atoms with E-state index in [-0.39, 0.29) is 11.9 Å². The number of amides is 1. The number of carbonyl (C=O) groups is 1. The van der Waals surface area contributed by atoms with E-state index >= 15 is 0 Å². The van der Waals surface area contributed by atoms with Gasteiger partial charge < -0.3 is 14.5 Å².